The van der Waals surface area contributed by atoms with Crippen molar-refractivity contribution >= 4 is 33.4 Å². The number of benzene rings is 2. The van der Waals surface area contributed by atoms with Gasteiger partial charge in [-0.05, 0) is 66.0 Å². The van der Waals surface area contributed by atoms with Crippen LogP contribution in [0.3, 0.4) is 0 Å². The van der Waals surface area contributed by atoms with Crippen molar-refractivity contribution in [2.45, 2.75) is 25.9 Å². The Bertz CT molecular complexity index is 847. The van der Waals surface area contributed by atoms with E-state index >= 15 is 0 Å². The highest BCUT2D eigenvalue weighted by molar-refractivity contribution is 9.10. The summed E-state index contributed by atoms with van der Waals surface area (Å²) < 4.78 is 19.4. The standard InChI is InChI=1S/C21H22BrFN2O3/c1-14(28-19-10-9-16(23)12-18(19)22)21(27)25-11-5-6-15(13-25)20(26)24-17-7-3-2-4-8-17/h2-4,7-10,12,14-15H,5-6,11,13H2,1H3,(H,24,26). The van der Waals surface area contributed by atoms with Gasteiger partial charge in [0.25, 0.3) is 5.91 Å². The van der Waals surface area contributed by atoms with E-state index in [0.29, 0.717) is 23.3 Å². The maximum absolute atomic E-state index is 13.2. The van der Waals surface area contributed by atoms with Gasteiger partial charge in [0.15, 0.2) is 6.10 Å². The Balaban J connectivity index is 1.59. The molecule has 1 fully saturated rings. The van der Waals surface area contributed by atoms with Gasteiger partial charge in [-0.15, -0.1) is 0 Å². The van der Waals surface area contributed by atoms with E-state index in [-0.39, 0.29) is 23.5 Å². The predicted octanol–water partition coefficient (Wildman–Crippen LogP) is 4.23. The summed E-state index contributed by atoms with van der Waals surface area (Å²) in [7, 11) is 0. The Morgan fingerprint density at radius 2 is 2.00 bits per heavy atom. The van der Waals surface area contributed by atoms with Gasteiger partial charge < -0.3 is 15.0 Å². The molecule has 1 heterocycles. The van der Waals surface area contributed by atoms with Gasteiger partial charge in [-0.1, -0.05) is 18.2 Å². The van der Waals surface area contributed by atoms with Crippen LogP contribution in [0, 0.1) is 11.7 Å². The maximum Gasteiger partial charge on any atom is 0.263 e. The van der Waals surface area contributed by atoms with Crippen LogP contribution in [0.25, 0.3) is 0 Å². The topological polar surface area (TPSA) is 58.6 Å². The highest BCUT2D eigenvalue weighted by atomic mass is 79.9. The first-order valence-electron chi connectivity index (χ1n) is 9.20. The normalized spacial score (nSPS) is 17.7. The Kier molecular flexibility index (Phi) is 6.67. The maximum atomic E-state index is 13.2. The molecule has 2 aromatic carbocycles. The molecule has 2 aromatic rings. The number of carbonyl (C=O) groups is 2. The van der Waals surface area contributed by atoms with Gasteiger partial charge in [0, 0.05) is 18.8 Å². The van der Waals surface area contributed by atoms with Gasteiger partial charge in [-0.3, -0.25) is 9.59 Å². The molecule has 0 spiro atoms. The lowest BCUT2D eigenvalue weighted by Crippen LogP contribution is -2.48. The third-order valence-corrected chi connectivity index (χ3v) is 5.31. The average Bonchev–Trinajstić information content (AvgIpc) is 2.70. The van der Waals surface area contributed by atoms with E-state index in [4.69, 9.17) is 4.74 Å². The molecule has 1 aliphatic rings. The molecular formula is C21H22BrFN2O3. The van der Waals surface area contributed by atoms with Crippen molar-refractivity contribution in [1.29, 1.82) is 0 Å². The number of halogens is 2. The summed E-state index contributed by atoms with van der Waals surface area (Å²) >= 11 is 3.24. The van der Waals surface area contributed by atoms with Crippen molar-refractivity contribution in [3.05, 3.63) is 58.8 Å². The van der Waals surface area contributed by atoms with Crippen LogP contribution in [0.15, 0.2) is 53.0 Å². The molecule has 0 aromatic heterocycles. The van der Waals surface area contributed by atoms with E-state index in [2.05, 4.69) is 21.2 Å². The third-order valence-electron chi connectivity index (χ3n) is 4.69. The molecule has 2 amide bonds. The minimum Gasteiger partial charge on any atom is -0.480 e. The van der Waals surface area contributed by atoms with Crippen LogP contribution in [0.2, 0.25) is 0 Å². The van der Waals surface area contributed by atoms with Crippen molar-refractivity contribution in [2.24, 2.45) is 5.92 Å². The van der Waals surface area contributed by atoms with Crippen LogP contribution in [0.5, 0.6) is 5.75 Å². The number of likely N-dealkylation sites (tertiary alicyclic amines) is 1. The lowest BCUT2D eigenvalue weighted by Gasteiger charge is -2.33. The first-order chi connectivity index (χ1) is 13.4. The number of carbonyl (C=O) groups excluding carboxylic acids is 2. The van der Waals surface area contributed by atoms with Crippen LogP contribution >= 0.6 is 15.9 Å². The Morgan fingerprint density at radius 3 is 2.71 bits per heavy atom. The fourth-order valence-electron chi connectivity index (χ4n) is 3.23. The molecule has 28 heavy (non-hydrogen) atoms. The molecule has 1 aliphatic heterocycles. The number of anilines is 1. The van der Waals surface area contributed by atoms with E-state index in [1.807, 2.05) is 30.3 Å². The molecule has 1 N–H and O–H groups in total. The summed E-state index contributed by atoms with van der Waals surface area (Å²) in [6, 6.07) is 13.3. The third kappa shape index (κ3) is 5.10. The molecule has 2 unspecified atom stereocenters. The van der Waals surface area contributed by atoms with Crippen molar-refractivity contribution in [1.82, 2.24) is 4.90 Å². The molecule has 0 saturated carbocycles. The number of amides is 2. The van der Waals surface area contributed by atoms with Gasteiger partial charge in [0.2, 0.25) is 5.91 Å². The summed E-state index contributed by atoms with van der Waals surface area (Å²) in [6.45, 7) is 2.60. The largest absolute Gasteiger partial charge is 0.480 e. The first-order valence-corrected chi connectivity index (χ1v) is 10.00. The molecule has 3 rings (SSSR count). The monoisotopic (exact) mass is 448 g/mol. The average molecular weight is 449 g/mol. The van der Waals surface area contributed by atoms with Crippen molar-refractivity contribution < 1.29 is 18.7 Å². The highest BCUT2D eigenvalue weighted by Crippen LogP contribution is 2.27. The molecule has 148 valence electrons. The van der Waals surface area contributed by atoms with Gasteiger partial charge in [-0.25, -0.2) is 4.39 Å². The van der Waals surface area contributed by atoms with Crippen LogP contribution < -0.4 is 10.1 Å². The lowest BCUT2D eigenvalue weighted by atomic mass is 9.96. The molecule has 1 saturated heterocycles. The summed E-state index contributed by atoms with van der Waals surface area (Å²) in [5, 5.41) is 2.90. The number of nitrogens with zero attached hydrogens (tertiary/aromatic N) is 1. The van der Waals surface area contributed by atoms with Crippen LogP contribution in [0.1, 0.15) is 19.8 Å². The Morgan fingerprint density at radius 1 is 1.25 bits per heavy atom. The zero-order chi connectivity index (χ0) is 20.1. The van der Waals surface area contributed by atoms with Crippen LogP contribution in [0.4, 0.5) is 10.1 Å². The minimum absolute atomic E-state index is 0.0847. The SMILES string of the molecule is CC(Oc1ccc(F)cc1Br)C(=O)N1CCCC(C(=O)Nc2ccccc2)C1. The fourth-order valence-corrected chi connectivity index (χ4v) is 3.67. The number of rotatable bonds is 5. The number of nitrogens with one attached hydrogen (secondary N) is 1. The molecule has 0 bridgehead atoms. The number of hydrogen-bond acceptors (Lipinski definition) is 3. The van der Waals surface area contributed by atoms with Crippen LogP contribution in [-0.2, 0) is 9.59 Å². The smallest absolute Gasteiger partial charge is 0.263 e. The van der Waals surface area contributed by atoms with Crippen molar-refractivity contribution in [3.8, 4) is 5.75 Å². The summed E-state index contributed by atoms with van der Waals surface area (Å²) in [4.78, 5) is 27.0. The van der Waals surface area contributed by atoms with E-state index in [1.165, 1.54) is 18.2 Å². The number of para-hydroxylation sites is 1. The second-order valence-corrected chi connectivity index (χ2v) is 7.67. The van der Waals surface area contributed by atoms with Crippen molar-refractivity contribution in [3.63, 3.8) is 0 Å². The molecule has 7 heteroatoms. The van der Waals surface area contributed by atoms with E-state index in [9.17, 15) is 14.0 Å². The molecule has 5 nitrogen and oxygen atoms in total. The summed E-state index contributed by atoms with van der Waals surface area (Å²) in [6.07, 6.45) is 0.755. The number of hydrogen-bond donors (Lipinski definition) is 1. The second kappa shape index (κ2) is 9.19. The number of piperidine rings is 1. The van der Waals surface area contributed by atoms with E-state index < -0.39 is 6.10 Å². The van der Waals surface area contributed by atoms with Gasteiger partial charge in [-0.2, -0.15) is 0 Å². The zero-order valence-electron chi connectivity index (χ0n) is 15.5. The lowest BCUT2D eigenvalue weighted by molar-refractivity contribution is -0.140. The first kappa shape index (κ1) is 20.3. The summed E-state index contributed by atoms with van der Waals surface area (Å²) in [5.41, 5.74) is 0.744. The van der Waals surface area contributed by atoms with Gasteiger partial charge >= 0.3 is 0 Å². The van der Waals surface area contributed by atoms with Crippen molar-refractivity contribution in [2.75, 3.05) is 18.4 Å². The summed E-state index contributed by atoms with van der Waals surface area (Å²) in [5.74, 6) is -0.520. The molecule has 0 aliphatic carbocycles. The highest BCUT2D eigenvalue weighted by Gasteiger charge is 2.31. The molecule has 2 atom stereocenters. The quantitative estimate of drug-likeness (QED) is 0.744. The van der Waals surface area contributed by atoms with Gasteiger partial charge in [0.1, 0.15) is 11.6 Å². The Hall–Kier alpha value is -2.41. The fraction of sp³-hybridized carbons (Fsp3) is 0.333. The predicted molar refractivity (Wildman–Crippen MR) is 109 cm³/mol. The van der Waals surface area contributed by atoms with E-state index in [1.54, 1.807) is 11.8 Å². The van der Waals surface area contributed by atoms with Gasteiger partial charge in [0.05, 0.1) is 10.4 Å². The van der Waals surface area contributed by atoms with Crippen LogP contribution in [-0.4, -0.2) is 35.9 Å². The van der Waals surface area contributed by atoms with E-state index in [0.717, 1.165) is 18.5 Å². The minimum atomic E-state index is -0.738. The zero-order valence-corrected chi connectivity index (χ0v) is 17.1. The molecular weight excluding hydrogens is 427 g/mol. The number of ether oxygens (including phenoxy) is 1. The Labute approximate surface area is 172 Å². The molecule has 0 radical (unpaired) electrons. The second-order valence-electron chi connectivity index (χ2n) is 6.81.